The molecule has 0 radical (unpaired) electrons. The Hall–Kier alpha value is -0.350. The van der Waals surface area contributed by atoms with Gasteiger partial charge in [0, 0.05) is 3.57 Å². The standard InChI is InChI=1S/C17H18BrI/c1-12(2)10-13-6-8-14(9-7-13)17(18)15-4-3-5-16(19)11-15/h3-9,11-12,17H,10H2,1-2H3. The summed E-state index contributed by atoms with van der Waals surface area (Å²) in [5.74, 6) is 0.710. The number of benzene rings is 2. The van der Waals surface area contributed by atoms with Gasteiger partial charge in [0.15, 0.2) is 0 Å². The van der Waals surface area contributed by atoms with Gasteiger partial charge >= 0.3 is 0 Å². The van der Waals surface area contributed by atoms with E-state index in [0.717, 1.165) is 6.42 Å². The van der Waals surface area contributed by atoms with Gasteiger partial charge in [0.05, 0.1) is 4.83 Å². The molecule has 1 atom stereocenters. The minimum atomic E-state index is 0.273. The van der Waals surface area contributed by atoms with E-state index in [2.05, 4.69) is 101 Å². The van der Waals surface area contributed by atoms with Crippen LogP contribution >= 0.6 is 38.5 Å². The molecule has 0 saturated carbocycles. The van der Waals surface area contributed by atoms with Crippen LogP contribution in [0.3, 0.4) is 0 Å². The molecule has 0 bridgehead atoms. The molecule has 19 heavy (non-hydrogen) atoms. The first kappa shape index (κ1) is 15.0. The van der Waals surface area contributed by atoms with Crippen molar-refractivity contribution in [1.29, 1.82) is 0 Å². The molecule has 0 spiro atoms. The van der Waals surface area contributed by atoms with E-state index in [1.807, 2.05) is 0 Å². The third-order valence-corrected chi connectivity index (χ3v) is 4.79. The quantitative estimate of drug-likeness (QED) is 0.415. The van der Waals surface area contributed by atoms with Crippen LogP contribution in [0.1, 0.15) is 35.4 Å². The first-order valence-electron chi connectivity index (χ1n) is 6.54. The molecule has 2 rings (SSSR count). The maximum Gasteiger partial charge on any atom is 0.0645 e. The van der Waals surface area contributed by atoms with Crippen LogP contribution in [-0.2, 0) is 6.42 Å². The fraction of sp³-hybridized carbons (Fsp3) is 0.294. The van der Waals surface area contributed by atoms with Gasteiger partial charge in [-0.3, -0.25) is 0 Å². The molecule has 100 valence electrons. The first-order valence-corrected chi connectivity index (χ1v) is 8.54. The van der Waals surface area contributed by atoms with Gasteiger partial charge in [-0.2, -0.15) is 0 Å². The first-order chi connectivity index (χ1) is 9.06. The fourth-order valence-corrected chi connectivity index (χ4v) is 3.31. The van der Waals surface area contributed by atoms with Gasteiger partial charge < -0.3 is 0 Å². The van der Waals surface area contributed by atoms with Crippen LogP contribution < -0.4 is 0 Å². The molecule has 0 aromatic heterocycles. The Bertz CT molecular complexity index is 531. The normalized spacial score (nSPS) is 12.7. The third-order valence-electron chi connectivity index (χ3n) is 3.06. The van der Waals surface area contributed by atoms with E-state index in [1.165, 1.54) is 20.3 Å². The number of hydrogen-bond acceptors (Lipinski definition) is 0. The topological polar surface area (TPSA) is 0 Å². The van der Waals surface area contributed by atoms with Gasteiger partial charge in [0.25, 0.3) is 0 Å². The summed E-state index contributed by atoms with van der Waals surface area (Å²) in [6.07, 6.45) is 1.15. The lowest BCUT2D eigenvalue weighted by Gasteiger charge is -2.12. The maximum absolute atomic E-state index is 3.80. The predicted octanol–water partition coefficient (Wildman–Crippen LogP) is 5.97. The zero-order valence-electron chi connectivity index (χ0n) is 11.2. The van der Waals surface area contributed by atoms with Crippen molar-refractivity contribution in [3.63, 3.8) is 0 Å². The monoisotopic (exact) mass is 428 g/mol. The van der Waals surface area contributed by atoms with Crippen molar-refractivity contribution < 1.29 is 0 Å². The summed E-state index contributed by atoms with van der Waals surface area (Å²) in [4.78, 5) is 0.273. The SMILES string of the molecule is CC(C)Cc1ccc(C(Br)c2cccc(I)c2)cc1. The Labute approximate surface area is 137 Å². The summed E-state index contributed by atoms with van der Waals surface area (Å²) in [6, 6.07) is 17.6. The zero-order chi connectivity index (χ0) is 13.8. The molecule has 0 fully saturated rings. The lowest BCUT2D eigenvalue weighted by Crippen LogP contribution is -1.96. The van der Waals surface area contributed by atoms with E-state index in [1.54, 1.807) is 0 Å². The summed E-state index contributed by atoms with van der Waals surface area (Å²) >= 11 is 6.16. The van der Waals surface area contributed by atoms with Crippen molar-refractivity contribution in [3.8, 4) is 0 Å². The molecule has 0 aliphatic heterocycles. The summed E-state index contributed by atoms with van der Waals surface area (Å²) in [6.45, 7) is 4.51. The number of rotatable bonds is 4. The van der Waals surface area contributed by atoms with Crippen LogP contribution in [0.4, 0.5) is 0 Å². The molecule has 2 aromatic rings. The number of halogens is 2. The van der Waals surface area contributed by atoms with Crippen LogP contribution in [-0.4, -0.2) is 0 Å². The van der Waals surface area contributed by atoms with Crippen molar-refractivity contribution in [1.82, 2.24) is 0 Å². The highest BCUT2D eigenvalue weighted by Crippen LogP contribution is 2.31. The summed E-state index contributed by atoms with van der Waals surface area (Å²) < 4.78 is 1.27. The van der Waals surface area contributed by atoms with E-state index in [4.69, 9.17) is 0 Å². The van der Waals surface area contributed by atoms with Crippen LogP contribution in [0.25, 0.3) is 0 Å². The molecule has 0 nitrogen and oxygen atoms in total. The average Bonchev–Trinajstić information content (AvgIpc) is 2.38. The van der Waals surface area contributed by atoms with Crippen LogP contribution in [0.5, 0.6) is 0 Å². The smallest absolute Gasteiger partial charge is 0.0645 e. The Morgan fingerprint density at radius 2 is 1.68 bits per heavy atom. The Morgan fingerprint density at radius 3 is 2.26 bits per heavy atom. The van der Waals surface area contributed by atoms with E-state index in [-0.39, 0.29) is 4.83 Å². The minimum absolute atomic E-state index is 0.273. The lowest BCUT2D eigenvalue weighted by atomic mass is 9.99. The zero-order valence-corrected chi connectivity index (χ0v) is 15.0. The second kappa shape index (κ2) is 6.89. The maximum atomic E-state index is 3.80. The average molecular weight is 429 g/mol. The number of hydrogen-bond donors (Lipinski definition) is 0. The predicted molar refractivity (Wildman–Crippen MR) is 94.9 cm³/mol. The van der Waals surface area contributed by atoms with Crippen molar-refractivity contribution in [2.75, 3.05) is 0 Å². The molecule has 2 aromatic carbocycles. The van der Waals surface area contributed by atoms with Gasteiger partial charge in [0.1, 0.15) is 0 Å². The van der Waals surface area contributed by atoms with Crippen molar-refractivity contribution in [2.24, 2.45) is 5.92 Å². The van der Waals surface area contributed by atoms with E-state index in [0.29, 0.717) is 5.92 Å². The molecule has 0 amide bonds. The molecular weight excluding hydrogens is 411 g/mol. The lowest BCUT2D eigenvalue weighted by molar-refractivity contribution is 0.647. The van der Waals surface area contributed by atoms with E-state index in [9.17, 15) is 0 Å². The molecule has 0 saturated heterocycles. The molecule has 1 unspecified atom stereocenters. The highest BCUT2D eigenvalue weighted by molar-refractivity contribution is 14.1. The molecular formula is C17H18BrI. The van der Waals surface area contributed by atoms with Gasteiger partial charge in [-0.05, 0) is 63.8 Å². The van der Waals surface area contributed by atoms with Gasteiger partial charge in [0.2, 0.25) is 0 Å². The summed E-state index contributed by atoms with van der Waals surface area (Å²) in [7, 11) is 0. The fourth-order valence-electron chi connectivity index (χ4n) is 2.15. The van der Waals surface area contributed by atoms with Gasteiger partial charge in [-0.25, -0.2) is 0 Å². The summed E-state index contributed by atoms with van der Waals surface area (Å²) in [5.41, 5.74) is 4.04. The van der Waals surface area contributed by atoms with Crippen molar-refractivity contribution in [3.05, 3.63) is 68.8 Å². The molecule has 0 aliphatic carbocycles. The van der Waals surface area contributed by atoms with Crippen molar-refractivity contribution >= 4 is 38.5 Å². The highest BCUT2D eigenvalue weighted by Gasteiger charge is 2.10. The largest absolute Gasteiger partial charge is 0.0786 e. The van der Waals surface area contributed by atoms with Crippen LogP contribution in [0.15, 0.2) is 48.5 Å². The second-order valence-corrected chi connectivity index (χ2v) is 7.42. The van der Waals surface area contributed by atoms with Crippen LogP contribution in [0, 0.1) is 9.49 Å². The molecule has 0 aliphatic rings. The Morgan fingerprint density at radius 1 is 1.00 bits per heavy atom. The number of alkyl halides is 1. The third kappa shape index (κ3) is 4.32. The van der Waals surface area contributed by atoms with Gasteiger partial charge in [-0.1, -0.05) is 66.2 Å². The summed E-state index contributed by atoms with van der Waals surface area (Å²) in [5, 5.41) is 0. The minimum Gasteiger partial charge on any atom is -0.0786 e. The molecule has 2 heteroatoms. The highest BCUT2D eigenvalue weighted by atomic mass is 127. The van der Waals surface area contributed by atoms with Gasteiger partial charge in [-0.15, -0.1) is 0 Å². The molecule has 0 N–H and O–H groups in total. The molecule has 0 heterocycles. The van der Waals surface area contributed by atoms with E-state index >= 15 is 0 Å². The Balaban J connectivity index is 2.17. The van der Waals surface area contributed by atoms with E-state index < -0.39 is 0 Å². The van der Waals surface area contributed by atoms with Crippen molar-refractivity contribution in [2.45, 2.75) is 25.1 Å². The van der Waals surface area contributed by atoms with Crippen LogP contribution in [0.2, 0.25) is 0 Å². The Kier molecular flexibility index (Phi) is 5.46. The second-order valence-electron chi connectivity index (χ2n) is 5.26.